The molecule has 30 heavy (non-hydrogen) atoms. The number of nitrogens with zero attached hydrogens (tertiary/aromatic N) is 1. The molecule has 0 fully saturated rings. The number of anilines is 2. The van der Waals surface area contributed by atoms with Crippen LogP contribution in [0.5, 0.6) is 0 Å². The van der Waals surface area contributed by atoms with Gasteiger partial charge in [-0.3, -0.25) is 9.69 Å². The molecule has 0 aliphatic heterocycles. The van der Waals surface area contributed by atoms with Crippen LogP contribution in [0, 0.1) is 0 Å². The third-order valence-corrected chi connectivity index (χ3v) is 4.97. The van der Waals surface area contributed by atoms with Crippen molar-refractivity contribution >= 4 is 17.3 Å². The summed E-state index contributed by atoms with van der Waals surface area (Å²) in [5.74, 6) is 0.00425. The van der Waals surface area contributed by atoms with Crippen molar-refractivity contribution in [2.75, 3.05) is 11.4 Å². The van der Waals surface area contributed by atoms with Crippen LogP contribution in [0.4, 0.5) is 11.4 Å². The standard InChI is InChI=1S/C27H24N2O/c30-27(29(24-15-6-2-7-16-24)25-17-8-3-9-18-25)21-28-20-23-14-10-11-19-26(23)22-12-4-1-5-13-22/h1-19,28H,20-21H2. The number of hydrogen-bond donors (Lipinski definition) is 1. The molecule has 3 nitrogen and oxygen atoms in total. The fourth-order valence-electron chi connectivity index (χ4n) is 3.55. The van der Waals surface area contributed by atoms with E-state index >= 15 is 0 Å². The van der Waals surface area contributed by atoms with Gasteiger partial charge in [-0.1, -0.05) is 91.0 Å². The Bertz CT molecular complexity index is 1040. The van der Waals surface area contributed by atoms with Gasteiger partial charge >= 0.3 is 0 Å². The molecule has 4 aromatic rings. The zero-order valence-corrected chi connectivity index (χ0v) is 16.7. The molecule has 0 bridgehead atoms. The van der Waals surface area contributed by atoms with Crippen LogP contribution in [0.25, 0.3) is 11.1 Å². The van der Waals surface area contributed by atoms with E-state index in [0.29, 0.717) is 6.54 Å². The maximum Gasteiger partial charge on any atom is 0.245 e. The van der Waals surface area contributed by atoms with E-state index in [0.717, 1.165) is 11.4 Å². The quantitative estimate of drug-likeness (QED) is 0.431. The van der Waals surface area contributed by atoms with E-state index in [-0.39, 0.29) is 12.5 Å². The zero-order chi connectivity index (χ0) is 20.6. The van der Waals surface area contributed by atoms with E-state index in [9.17, 15) is 4.79 Å². The SMILES string of the molecule is O=C(CNCc1ccccc1-c1ccccc1)N(c1ccccc1)c1ccccc1. The first-order chi connectivity index (χ1) is 14.8. The highest BCUT2D eigenvalue weighted by Gasteiger charge is 2.17. The van der Waals surface area contributed by atoms with E-state index in [1.807, 2.05) is 91.0 Å². The third kappa shape index (κ3) is 4.65. The number of carbonyl (C=O) groups excluding carboxylic acids is 1. The molecule has 0 aliphatic rings. The van der Waals surface area contributed by atoms with Gasteiger partial charge in [-0.15, -0.1) is 0 Å². The summed E-state index contributed by atoms with van der Waals surface area (Å²) in [6.07, 6.45) is 0. The highest BCUT2D eigenvalue weighted by atomic mass is 16.2. The molecule has 0 saturated carbocycles. The van der Waals surface area contributed by atoms with Gasteiger partial charge in [-0.2, -0.15) is 0 Å². The predicted molar refractivity (Wildman–Crippen MR) is 124 cm³/mol. The summed E-state index contributed by atoms with van der Waals surface area (Å²) in [7, 11) is 0. The lowest BCUT2D eigenvalue weighted by Crippen LogP contribution is -2.35. The Morgan fingerprint density at radius 2 is 1.13 bits per heavy atom. The number of carbonyl (C=O) groups is 1. The van der Waals surface area contributed by atoms with Gasteiger partial charge in [0.15, 0.2) is 0 Å². The number of benzene rings is 4. The molecular formula is C27H24N2O. The van der Waals surface area contributed by atoms with Crippen LogP contribution in [0.15, 0.2) is 115 Å². The van der Waals surface area contributed by atoms with Gasteiger partial charge in [-0.25, -0.2) is 0 Å². The minimum Gasteiger partial charge on any atom is -0.304 e. The molecule has 1 amide bonds. The second-order valence-electron chi connectivity index (χ2n) is 7.03. The summed E-state index contributed by atoms with van der Waals surface area (Å²) in [5, 5.41) is 3.34. The highest BCUT2D eigenvalue weighted by Crippen LogP contribution is 2.25. The van der Waals surface area contributed by atoms with Crippen LogP contribution in [0.1, 0.15) is 5.56 Å². The molecule has 4 aromatic carbocycles. The van der Waals surface area contributed by atoms with Crippen molar-refractivity contribution in [2.24, 2.45) is 0 Å². The Labute approximate surface area is 177 Å². The fourth-order valence-corrected chi connectivity index (χ4v) is 3.55. The summed E-state index contributed by atoms with van der Waals surface area (Å²) in [6, 6.07) is 38.1. The van der Waals surface area contributed by atoms with Crippen molar-refractivity contribution in [3.63, 3.8) is 0 Å². The smallest absolute Gasteiger partial charge is 0.245 e. The number of rotatable bonds is 7. The van der Waals surface area contributed by atoms with Crippen molar-refractivity contribution in [1.29, 1.82) is 0 Å². The predicted octanol–water partition coefficient (Wildman–Crippen LogP) is 5.81. The van der Waals surface area contributed by atoms with Gasteiger partial charge in [0.05, 0.1) is 6.54 Å². The topological polar surface area (TPSA) is 32.3 Å². The lowest BCUT2D eigenvalue weighted by Gasteiger charge is -2.23. The first-order valence-corrected chi connectivity index (χ1v) is 10.1. The van der Waals surface area contributed by atoms with Gasteiger partial charge in [-0.05, 0) is 41.0 Å². The van der Waals surface area contributed by atoms with Crippen molar-refractivity contribution in [3.05, 3.63) is 121 Å². The van der Waals surface area contributed by atoms with Crippen molar-refractivity contribution in [2.45, 2.75) is 6.54 Å². The van der Waals surface area contributed by atoms with Crippen LogP contribution < -0.4 is 10.2 Å². The molecule has 0 spiro atoms. The fraction of sp³-hybridized carbons (Fsp3) is 0.0741. The van der Waals surface area contributed by atoms with E-state index in [1.54, 1.807) is 4.90 Å². The third-order valence-electron chi connectivity index (χ3n) is 4.97. The Hall–Kier alpha value is -3.69. The molecule has 0 aromatic heterocycles. The molecule has 0 radical (unpaired) electrons. The van der Waals surface area contributed by atoms with E-state index in [4.69, 9.17) is 0 Å². The molecule has 0 atom stereocenters. The first-order valence-electron chi connectivity index (χ1n) is 10.1. The summed E-state index contributed by atoms with van der Waals surface area (Å²) >= 11 is 0. The Morgan fingerprint density at radius 1 is 0.633 bits per heavy atom. The number of amides is 1. The van der Waals surface area contributed by atoms with Crippen LogP contribution in [-0.2, 0) is 11.3 Å². The minimum atomic E-state index is 0.00425. The van der Waals surface area contributed by atoms with Gasteiger partial charge in [0, 0.05) is 17.9 Å². The molecular weight excluding hydrogens is 368 g/mol. The molecule has 3 heteroatoms. The zero-order valence-electron chi connectivity index (χ0n) is 16.7. The average Bonchev–Trinajstić information content (AvgIpc) is 2.82. The lowest BCUT2D eigenvalue weighted by atomic mass is 10.00. The van der Waals surface area contributed by atoms with Gasteiger partial charge < -0.3 is 5.32 Å². The van der Waals surface area contributed by atoms with Crippen molar-refractivity contribution in [3.8, 4) is 11.1 Å². The maximum absolute atomic E-state index is 13.2. The van der Waals surface area contributed by atoms with E-state index in [1.165, 1.54) is 16.7 Å². The van der Waals surface area contributed by atoms with Crippen LogP contribution in [-0.4, -0.2) is 12.5 Å². The monoisotopic (exact) mass is 392 g/mol. The molecule has 0 saturated heterocycles. The number of nitrogens with one attached hydrogen (secondary N) is 1. The molecule has 0 unspecified atom stereocenters. The summed E-state index contributed by atoms with van der Waals surface area (Å²) in [5.41, 5.74) is 5.25. The molecule has 148 valence electrons. The average molecular weight is 393 g/mol. The van der Waals surface area contributed by atoms with E-state index in [2.05, 4.69) is 29.6 Å². The van der Waals surface area contributed by atoms with Crippen LogP contribution in [0.2, 0.25) is 0 Å². The van der Waals surface area contributed by atoms with Gasteiger partial charge in [0.2, 0.25) is 5.91 Å². The summed E-state index contributed by atoms with van der Waals surface area (Å²) < 4.78 is 0. The molecule has 0 aliphatic carbocycles. The van der Waals surface area contributed by atoms with Crippen LogP contribution >= 0.6 is 0 Å². The van der Waals surface area contributed by atoms with Crippen molar-refractivity contribution < 1.29 is 4.79 Å². The Morgan fingerprint density at radius 3 is 1.73 bits per heavy atom. The summed E-state index contributed by atoms with van der Waals surface area (Å²) in [6.45, 7) is 0.862. The highest BCUT2D eigenvalue weighted by molar-refractivity contribution is 6.01. The molecule has 0 heterocycles. The first kappa shape index (κ1) is 19.6. The number of hydrogen-bond acceptors (Lipinski definition) is 2. The Kier molecular flexibility index (Phi) is 6.33. The minimum absolute atomic E-state index is 0.00425. The van der Waals surface area contributed by atoms with Crippen LogP contribution in [0.3, 0.4) is 0 Å². The lowest BCUT2D eigenvalue weighted by molar-refractivity contribution is -0.117. The Balaban J connectivity index is 1.49. The second kappa shape index (κ2) is 9.68. The van der Waals surface area contributed by atoms with E-state index < -0.39 is 0 Å². The second-order valence-corrected chi connectivity index (χ2v) is 7.03. The normalized spacial score (nSPS) is 10.5. The molecule has 4 rings (SSSR count). The maximum atomic E-state index is 13.2. The van der Waals surface area contributed by atoms with Crippen molar-refractivity contribution in [1.82, 2.24) is 5.32 Å². The molecule has 1 N–H and O–H groups in total. The largest absolute Gasteiger partial charge is 0.304 e. The number of para-hydroxylation sites is 2. The van der Waals surface area contributed by atoms with Gasteiger partial charge in [0.1, 0.15) is 0 Å². The summed E-state index contributed by atoms with van der Waals surface area (Å²) in [4.78, 5) is 14.9. The van der Waals surface area contributed by atoms with Gasteiger partial charge in [0.25, 0.3) is 0 Å².